The molecule has 1 aliphatic carbocycles. The summed E-state index contributed by atoms with van der Waals surface area (Å²) in [7, 11) is 0. The SMILES string of the molecule is CCOC(=O)c1ccc2c(c1)C1C=CCC1C(c1cccc(F)c1)N2. The fourth-order valence-electron chi connectivity index (χ4n) is 3.97. The largest absolute Gasteiger partial charge is 0.462 e. The molecule has 0 bridgehead atoms. The van der Waals surface area contributed by atoms with Gasteiger partial charge in [-0.25, -0.2) is 9.18 Å². The normalized spacial score (nSPS) is 23.5. The molecule has 25 heavy (non-hydrogen) atoms. The molecule has 128 valence electrons. The van der Waals surface area contributed by atoms with Crippen LogP contribution in [0.4, 0.5) is 10.1 Å². The van der Waals surface area contributed by atoms with Crippen LogP contribution in [0.3, 0.4) is 0 Å². The van der Waals surface area contributed by atoms with Gasteiger partial charge in [-0.15, -0.1) is 0 Å². The van der Waals surface area contributed by atoms with Gasteiger partial charge in [0.1, 0.15) is 5.82 Å². The van der Waals surface area contributed by atoms with Crippen molar-refractivity contribution < 1.29 is 13.9 Å². The van der Waals surface area contributed by atoms with Crippen LogP contribution in [0.25, 0.3) is 0 Å². The molecule has 2 aromatic rings. The maximum Gasteiger partial charge on any atom is 0.338 e. The number of esters is 1. The van der Waals surface area contributed by atoms with Crippen molar-refractivity contribution in [1.82, 2.24) is 0 Å². The summed E-state index contributed by atoms with van der Waals surface area (Å²) >= 11 is 0. The van der Waals surface area contributed by atoms with E-state index in [4.69, 9.17) is 4.74 Å². The quantitative estimate of drug-likeness (QED) is 0.644. The molecule has 0 radical (unpaired) electrons. The third kappa shape index (κ3) is 2.82. The van der Waals surface area contributed by atoms with Gasteiger partial charge in [0, 0.05) is 11.6 Å². The first-order valence-electron chi connectivity index (χ1n) is 8.67. The highest BCUT2D eigenvalue weighted by Crippen LogP contribution is 2.49. The predicted octanol–water partition coefficient (Wildman–Crippen LogP) is 4.83. The number of carbonyl (C=O) groups excluding carboxylic acids is 1. The second kappa shape index (κ2) is 6.36. The van der Waals surface area contributed by atoms with Crippen LogP contribution in [0, 0.1) is 11.7 Å². The molecular weight excluding hydrogens is 317 g/mol. The molecule has 3 nitrogen and oxygen atoms in total. The zero-order chi connectivity index (χ0) is 17.4. The van der Waals surface area contributed by atoms with Crippen molar-refractivity contribution in [2.45, 2.75) is 25.3 Å². The standard InChI is InChI=1S/C21H20FNO2/c1-2-25-21(24)14-9-10-19-18(12-14)16-7-4-8-17(16)20(23-19)13-5-3-6-15(22)11-13/h3-7,9-12,16-17,20,23H,2,8H2,1H3. The number of nitrogens with one attached hydrogen (secondary N) is 1. The zero-order valence-electron chi connectivity index (χ0n) is 14.0. The minimum absolute atomic E-state index is 0.0524. The molecule has 2 aliphatic rings. The monoisotopic (exact) mass is 337 g/mol. The lowest BCUT2D eigenvalue weighted by Gasteiger charge is -2.37. The summed E-state index contributed by atoms with van der Waals surface area (Å²) < 4.78 is 18.8. The minimum atomic E-state index is -0.295. The molecule has 4 rings (SSSR count). The number of ether oxygens (including phenoxy) is 1. The third-order valence-corrected chi connectivity index (χ3v) is 5.08. The van der Waals surface area contributed by atoms with Crippen molar-refractivity contribution in [2.75, 3.05) is 11.9 Å². The number of carbonyl (C=O) groups is 1. The second-order valence-electron chi connectivity index (χ2n) is 6.55. The molecule has 3 unspecified atom stereocenters. The average Bonchev–Trinajstić information content (AvgIpc) is 3.11. The van der Waals surface area contributed by atoms with Crippen molar-refractivity contribution in [3.05, 3.63) is 77.1 Å². The van der Waals surface area contributed by atoms with Gasteiger partial charge in [0.2, 0.25) is 0 Å². The summed E-state index contributed by atoms with van der Waals surface area (Å²) in [5.41, 5.74) is 3.64. The van der Waals surface area contributed by atoms with E-state index < -0.39 is 0 Å². The summed E-state index contributed by atoms with van der Waals surface area (Å²) in [4.78, 5) is 12.0. The van der Waals surface area contributed by atoms with Crippen molar-refractivity contribution in [3.63, 3.8) is 0 Å². The van der Waals surface area contributed by atoms with Gasteiger partial charge < -0.3 is 10.1 Å². The molecule has 1 aliphatic heterocycles. The van der Waals surface area contributed by atoms with E-state index in [0.29, 0.717) is 18.1 Å². The van der Waals surface area contributed by atoms with Crippen LogP contribution in [0.1, 0.15) is 46.8 Å². The number of hydrogen-bond donors (Lipinski definition) is 1. The molecule has 4 heteroatoms. The first-order valence-corrected chi connectivity index (χ1v) is 8.67. The summed E-state index contributed by atoms with van der Waals surface area (Å²) in [5, 5.41) is 3.55. The lowest BCUT2D eigenvalue weighted by Crippen LogP contribution is -2.29. The van der Waals surface area contributed by atoms with Gasteiger partial charge in [0.05, 0.1) is 18.2 Å². The smallest absolute Gasteiger partial charge is 0.338 e. The van der Waals surface area contributed by atoms with E-state index in [1.165, 1.54) is 6.07 Å². The number of allylic oxidation sites excluding steroid dienone is 2. The van der Waals surface area contributed by atoms with Crippen LogP contribution in [0.5, 0.6) is 0 Å². The minimum Gasteiger partial charge on any atom is -0.462 e. The van der Waals surface area contributed by atoms with Crippen LogP contribution in [-0.2, 0) is 4.74 Å². The summed E-state index contributed by atoms with van der Waals surface area (Å²) in [5.74, 6) is 0.0204. The molecule has 3 atom stereocenters. The Hall–Kier alpha value is -2.62. The molecule has 1 N–H and O–H groups in total. The van der Waals surface area contributed by atoms with Gasteiger partial charge >= 0.3 is 5.97 Å². The molecule has 0 aromatic heterocycles. The molecule has 0 amide bonds. The van der Waals surface area contributed by atoms with Crippen LogP contribution < -0.4 is 5.32 Å². The van der Waals surface area contributed by atoms with Crippen LogP contribution >= 0.6 is 0 Å². The lowest BCUT2D eigenvalue weighted by molar-refractivity contribution is 0.0526. The van der Waals surface area contributed by atoms with Crippen LogP contribution in [-0.4, -0.2) is 12.6 Å². The van der Waals surface area contributed by atoms with E-state index >= 15 is 0 Å². The van der Waals surface area contributed by atoms with Crippen LogP contribution in [0.15, 0.2) is 54.6 Å². The Labute approximate surface area is 146 Å². The van der Waals surface area contributed by atoms with Crippen molar-refractivity contribution in [2.24, 2.45) is 5.92 Å². The highest BCUT2D eigenvalue weighted by atomic mass is 19.1. The zero-order valence-corrected chi connectivity index (χ0v) is 14.0. The Bertz CT molecular complexity index is 846. The topological polar surface area (TPSA) is 38.3 Å². The highest BCUT2D eigenvalue weighted by Gasteiger charge is 2.38. The van der Waals surface area contributed by atoms with Gasteiger partial charge in [-0.1, -0.05) is 24.3 Å². The van der Waals surface area contributed by atoms with E-state index in [1.807, 2.05) is 18.2 Å². The van der Waals surface area contributed by atoms with Crippen molar-refractivity contribution >= 4 is 11.7 Å². The number of hydrogen-bond acceptors (Lipinski definition) is 3. The van der Waals surface area contributed by atoms with Gasteiger partial charge in [0.15, 0.2) is 0 Å². The molecule has 0 saturated heterocycles. The Kier molecular flexibility index (Phi) is 4.04. The van der Waals surface area contributed by atoms with Crippen molar-refractivity contribution in [3.8, 4) is 0 Å². The summed E-state index contributed by atoms with van der Waals surface area (Å²) in [6.45, 7) is 2.17. The Balaban J connectivity index is 1.72. The van der Waals surface area contributed by atoms with E-state index in [0.717, 1.165) is 23.2 Å². The molecule has 0 fully saturated rings. The first-order chi connectivity index (χ1) is 12.2. The van der Waals surface area contributed by atoms with E-state index in [2.05, 4.69) is 17.5 Å². The Morgan fingerprint density at radius 1 is 1.28 bits per heavy atom. The fraction of sp³-hybridized carbons (Fsp3) is 0.286. The Morgan fingerprint density at radius 3 is 2.96 bits per heavy atom. The van der Waals surface area contributed by atoms with E-state index in [1.54, 1.807) is 25.1 Å². The number of benzene rings is 2. The number of fused-ring (bicyclic) bond motifs is 3. The van der Waals surface area contributed by atoms with E-state index in [9.17, 15) is 9.18 Å². The van der Waals surface area contributed by atoms with Gasteiger partial charge in [-0.3, -0.25) is 0 Å². The van der Waals surface area contributed by atoms with Gasteiger partial charge in [-0.05, 0) is 60.7 Å². The maximum atomic E-state index is 13.7. The molecular formula is C21H20FNO2. The first kappa shape index (κ1) is 15.9. The number of anilines is 1. The van der Waals surface area contributed by atoms with Gasteiger partial charge in [-0.2, -0.15) is 0 Å². The maximum absolute atomic E-state index is 13.7. The molecule has 0 spiro atoms. The summed E-state index contributed by atoms with van der Waals surface area (Å²) in [6.07, 6.45) is 5.31. The molecule has 2 aromatic carbocycles. The second-order valence-corrected chi connectivity index (χ2v) is 6.55. The third-order valence-electron chi connectivity index (χ3n) is 5.08. The summed E-state index contributed by atoms with van der Waals surface area (Å²) in [6, 6.07) is 12.5. The van der Waals surface area contributed by atoms with E-state index in [-0.39, 0.29) is 23.7 Å². The Morgan fingerprint density at radius 2 is 2.16 bits per heavy atom. The number of halogens is 1. The predicted molar refractivity (Wildman–Crippen MR) is 95.2 cm³/mol. The molecule has 0 saturated carbocycles. The average molecular weight is 337 g/mol. The van der Waals surface area contributed by atoms with Crippen LogP contribution in [0.2, 0.25) is 0 Å². The van der Waals surface area contributed by atoms with Crippen molar-refractivity contribution in [1.29, 1.82) is 0 Å². The lowest BCUT2D eigenvalue weighted by atomic mass is 9.76. The highest BCUT2D eigenvalue weighted by molar-refractivity contribution is 5.90. The fourth-order valence-corrected chi connectivity index (χ4v) is 3.97. The van der Waals surface area contributed by atoms with Gasteiger partial charge in [0.25, 0.3) is 0 Å². The molecule has 1 heterocycles. The number of rotatable bonds is 3.